The maximum Gasteiger partial charge on any atom is 0.171 e. The van der Waals surface area contributed by atoms with Crippen molar-refractivity contribution in [1.29, 1.82) is 0 Å². The highest BCUT2D eigenvalue weighted by molar-refractivity contribution is 7.80. The van der Waals surface area contributed by atoms with Gasteiger partial charge in [0.05, 0.1) is 0 Å². The Kier molecular flexibility index (Phi) is 5.94. The molecule has 0 atom stereocenters. The molecule has 0 radical (unpaired) electrons. The molecule has 126 valence electrons. The maximum absolute atomic E-state index is 5.88. The van der Waals surface area contributed by atoms with E-state index in [1.807, 2.05) is 24.3 Å². The summed E-state index contributed by atoms with van der Waals surface area (Å²) >= 11 is 11.2. The van der Waals surface area contributed by atoms with E-state index in [4.69, 9.17) is 23.8 Å². The van der Waals surface area contributed by atoms with Crippen molar-refractivity contribution < 1.29 is 0 Å². The molecule has 1 saturated heterocycles. The Bertz CT molecular complexity index is 664. The van der Waals surface area contributed by atoms with Gasteiger partial charge in [0.1, 0.15) is 0 Å². The summed E-state index contributed by atoms with van der Waals surface area (Å²) < 4.78 is 0. The van der Waals surface area contributed by atoms with E-state index >= 15 is 0 Å². The van der Waals surface area contributed by atoms with Gasteiger partial charge in [-0.25, -0.2) is 0 Å². The second-order valence-electron chi connectivity index (χ2n) is 6.03. The van der Waals surface area contributed by atoms with Crippen LogP contribution in [0.25, 0.3) is 0 Å². The SMILES string of the molecule is S=C(NCc1ccc(N2CCCCC2)cc1)Nc1ccc(Cl)cc1. The third-order valence-electron chi connectivity index (χ3n) is 4.21. The summed E-state index contributed by atoms with van der Waals surface area (Å²) in [6.45, 7) is 3.05. The van der Waals surface area contributed by atoms with Gasteiger partial charge in [-0.1, -0.05) is 23.7 Å². The third-order valence-corrected chi connectivity index (χ3v) is 4.71. The zero-order valence-electron chi connectivity index (χ0n) is 13.6. The Morgan fingerprint density at radius 2 is 1.62 bits per heavy atom. The van der Waals surface area contributed by atoms with E-state index in [-0.39, 0.29) is 0 Å². The number of halogens is 1. The van der Waals surface area contributed by atoms with Gasteiger partial charge < -0.3 is 15.5 Å². The van der Waals surface area contributed by atoms with Crippen molar-refractivity contribution in [2.45, 2.75) is 25.8 Å². The van der Waals surface area contributed by atoms with Gasteiger partial charge in [-0.15, -0.1) is 0 Å². The Hall–Kier alpha value is -1.78. The van der Waals surface area contributed by atoms with E-state index in [9.17, 15) is 0 Å². The van der Waals surface area contributed by atoms with Crippen LogP contribution in [0.3, 0.4) is 0 Å². The average Bonchev–Trinajstić information content (AvgIpc) is 2.63. The second-order valence-corrected chi connectivity index (χ2v) is 6.87. The normalized spacial score (nSPS) is 14.3. The summed E-state index contributed by atoms with van der Waals surface area (Å²) in [5, 5.41) is 7.72. The third kappa shape index (κ3) is 4.86. The molecule has 0 amide bonds. The molecule has 1 fully saturated rings. The van der Waals surface area contributed by atoms with Gasteiger partial charge in [0.25, 0.3) is 0 Å². The van der Waals surface area contributed by atoms with Crippen LogP contribution in [0.15, 0.2) is 48.5 Å². The highest BCUT2D eigenvalue weighted by Gasteiger charge is 2.10. The fourth-order valence-electron chi connectivity index (χ4n) is 2.87. The van der Waals surface area contributed by atoms with E-state index < -0.39 is 0 Å². The minimum absolute atomic E-state index is 0.609. The maximum atomic E-state index is 5.88. The number of benzene rings is 2. The molecule has 0 spiro atoms. The summed E-state index contributed by atoms with van der Waals surface area (Å²) in [7, 11) is 0. The van der Waals surface area contributed by atoms with Gasteiger partial charge in [-0.05, 0) is 73.4 Å². The molecule has 24 heavy (non-hydrogen) atoms. The number of hydrogen-bond donors (Lipinski definition) is 2. The molecule has 0 aromatic heterocycles. The minimum atomic E-state index is 0.609. The zero-order chi connectivity index (χ0) is 16.8. The average molecular weight is 360 g/mol. The van der Waals surface area contributed by atoms with Gasteiger partial charge in [0.15, 0.2) is 5.11 Å². The van der Waals surface area contributed by atoms with Gasteiger partial charge in [0, 0.05) is 36.0 Å². The largest absolute Gasteiger partial charge is 0.372 e. The molecular weight excluding hydrogens is 338 g/mol. The van der Waals surface area contributed by atoms with E-state index in [2.05, 4.69) is 39.8 Å². The van der Waals surface area contributed by atoms with Crippen LogP contribution in [0.4, 0.5) is 11.4 Å². The van der Waals surface area contributed by atoms with E-state index in [1.165, 1.54) is 43.6 Å². The molecule has 0 saturated carbocycles. The molecule has 0 bridgehead atoms. The summed E-state index contributed by atoms with van der Waals surface area (Å²) in [5.74, 6) is 0. The number of rotatable bonds is 4. The second kappa shape index (κ2) is 8.36. The molecule has 3 nitrogen and oxygen atoms in total. The highest BCUT2D eigenvalue weighted by atomic mass is 35.5. The van der Waals surface area contributed by atoms with Crippen molar-refractivity contribution in [3.63, 3.8) is 0 Å². The minimum Gasteiger partial charge on any atom is -0.372 e. The molecule has 1 aliphatic rings. The lowest BCUT2D eigenvalue weighted by Gasteiger charge is -2.28. The number of nitrogens with one attached hydrogen (secondary N) is 2. The first kappa shape index (κ1) is 17.1. The molecule has 0 unspecified atom stereocenters. The van der Waals surface area contributed by atoms with Gasteiger partial charge in [0.2, 0.25) is 0 Å². The van der Waals surface area contributed by atoms with Crippen LogP contribution in [0.5, 0.6) is 0 Å². The van der Waals surface area contributed by atoms with E-state index in [1.54, 1.807) is 0 Å². The first-order valence-corrected chi connectivity index (χ1v) is 9.14. The summed E-state index contributed by atoms with van der Waals surface area (Å²) in [6, 6.07) is 16.2. The van der Waals surface area contributed by atoms with Crippen molar-refractivity contribution in [2.24, 2.45) is 0 Å². The van der Waals surface area contributed by atoms with Crippen LogP contribution in [-0.4, -0.2) is 18.2 Å². The summed E-state index contributed by atoms with van der Waals surface area (Å²) in [6.07, 6.45) is 3.96. The lowest BCUT2D eigenvalue weighted by molar-refractivity contribution is 0.578. The van der Waals surface area contributed by atoms with Crippen molar-refractivity contribution in [2.75, 3.05) is 23.3 Å². The molecule has 2 aromatic rings. The topological polar surface area (TPSA) is 27.3 Å². The van der Waals surface area contributed by atoms with E-state index in [0.717, 1.165) is 5.69 Å². The quantitative estimate of drug-likeness (QED) is 0.765. The Labute approximate surface area is 154 Å². The smallest absolute Gasteiger partial charge is 0.171 e. The van der Waals surface area contributed by atoms with Crippen molar-refractivity contribution >= 4 is 40.3 Å². The zero-order valence-corrected chi connectivity index (χ0v) is 15.2. The molecule has 0 aliphatic carbocycles. The first-order chi connectivity index (χ1) is 11.7. The number of nitrogens with zero attached hydrogens (tertiary/aromatic N) is 1. The molecule has 2 aromatic carbocycles. The fraction of sp³-hybridized carbons (Fsp3) is 0.316. The predicted molar refractivity (Wildman–Crippen MR) is 107 cm³/mol. The lowest BCUT2D eigenvalue weighted by Crippen LogP contribution is -2.29. The lowest BCUT2D eigenvalue weighted by atomic mass is 10.1. The van der Waals surface area contributed by atoms with Crippen LogP contribution >= 0.6 is 23.8 Å². The number of anilines is 2. The molecule has 2 N–H and O–H groups in total. The Balaban J connectivity index is 1.49. The summed E-state index contributed by atoms with van der Waals surface area (Å²) in [5.41, 5.74) is 3.47. The Morgan fingerprint density at radius 3 is 2.29 bits per heavy atom. The highest BCUT2D eigenvalue weighted by Crippen LogP contribution is 2.20. The van der Waals surface area contributed by atoms with Crippen molar-refractivity contribution in [3.05, 3.63) is 59.1 Å². The summed E-state index contributed by atoms with van der Waals surface area (Å²) in [4.78, 5) is 2.47. The fourth-order valence-corrected chi connectivity index (χ4v) is 3.18. The van der Waals surface area contributed by atoms with Gasteiger partial charge >= 0.3 is 0 Å². The van der Waals surface area contributed by atoms with Crippen molar-refractivity contribution in [3.8, 4) is 0 Å². The molecule has 1 aliphatic heterocycles. The van der Waals surface area contributed by atoms with Gasteiger partial charge in [-0.2, -0.15) is 0 Å². The van der Waals surface area contributed by atoms with Crippen molar-refractivity contribution in [1.82, 2.24) is 5.32 Å². The van der Waals surface area contributed by atoms with Crippen LogP contribution in [0.1, 0.15) is 24.8 Å². The first-order valence-electron chi connectivity index (χ1n) is 8.35. The Morgan fingerprint density at radius 1 is 0.958 bits per heavy atom. The van der Waals surface area contributed by atoms with Crippen LogP contribution in [0, 0.1) is 0 Å². The number of hydrogen-bond acceptors (Lipinski definition) is 2. The van der Waals surface area contributed by atoms with Crippen LogP contribution in [0.2, 0.25) is 5.02 Å². The standard InChI is InChI=1S/C19H22ClN3S/c20-16-6-8-17(9-7-16)22-19(24)21-14-15-4-10-18(11-5-15)23-12-2-1-3-13-23/h4-11H,1-3,12-14H2,(H2,21,22,24). The van der Waals surface area contributed by atoms with Gasteiger partial charge in [-0.3, -0.25) is 0 Å². The molecule has 5 heteroatoms. The van der Waals surface area contributed by atoms with E-state index in [0.29, 0.717) is 16.7 Å². The predicted octanol–water partition coefficient (Wildman–Crippen LogP) is 4.82. The number of thiocarbonyl (C=S) groups is 1. The van der Waals surface area contributed by atoms with Crippen LogP contribution in [-0.2, 0) is 6.54 Å². The number of piperidine rings is 1. The molecule has 1 heterocycles. The molecule has 3 rings (SSSR count). The monoisotopic (exact) mass is 359 g/mol. The molecular formula is C19H22ClN3S. The van der Waals surface area contributed by atoms with Crippen LogP contribution < -0.4 is 15.5 Å².